The van der Waals surface area contributed by atoms with Gasteiger partial charge in [-0.1, -0.05) is 0 Å². The molecule has 1 saturated carbocycles. The third-order valence-electron chi connectivity index (χ3n) is 4.78. The largest absolute Gasteiger partial charge is 0.385 e. The van der Waals surface area contributed by atoms with Crippen molar-refractivity contribution in [2.75, 3.05) is 0 Å². The Bertz CT molecular complexity index is 828. The van der Waals surface area contributed by atoms with Crippen molar-refractivity contribution in [3.8, 4) is 0 Å². The van der Waals surface area contributed by atoms with E-state index in [1.54, 1.807) is 0 Å². The van der Waals surface area contributed by atoms with Crippen LogP contribution in [-0.2, 0) is 0 Å². The topological polar surface area (TPSA) is 0 Å². The zero-order valence-corrected chi connectivity index (χ0v) is 13.6. The Hall–Kier alpha value is -1.66. The van der Waals surface area contributed by atoms with Crippen LogP contribution in [0.2, 0.25) is 0 Å². The molecule has 0 nitrogen and oxygen atoms in total. The van der Waals surface area contributed by atoms with Crippen LogP contribution in [0.3, 0.4) is 0 Å². The molecule has 0 radical (unpaired) electrons. The number of halogens is 20. The van der Waals surface area contributed by atoms with E-state index in [2.05, 4.69) is 0 Å². The normalized spacial score (nSPS) is 34.1. The molecule has 188 valence electrons. The van der Waals surface area contributed by atoms with Gasteiger partial charge in [-0.25, -0.2) is 8.78 Å². The van der Waals surface area contributed by atoms with Gasteiger partial charge in [-0.2, -0.15) is 79.0 Å². The Balaban J connectivity index is 3.21. The van der Waals surface area contributed by atoms with Crippen molar-refractivity contribution in [1.29, 1.82) is 0 Å². The smallest absolute Gasteiger partial charge is 0.225 e. The maximum atomic E-state index is 14.6. The van der Waals surface area contributed by atoms with Gasteiger partial charge in [0.05, 0.1) is 5.57 Å². The number of hydrogen-bond donors (Lipinski definition) is 0. The van der Waals surface area contributed by atoms with Crippen LogP contribution >= 0.6 is 0 Å². The third kappa shape index (κ3) is 2.06. The van der Waals surface area contributed by atoms with Crippen molar-refractivity contribution in [3.63, 3.8) is 0 Å². The maximum absolute atomic E-state index is 14.6. The van der Waals surface area contributed by atoms with E-state index < -0.39 is 70.4 Å². The molecule has 0 saturated heterocycles. The summed E-state index contributed by atoms with van der Waals surface area (Å²) in [5, 5.41) is 0. The van der Waals surface area contributed by atoms with E-state index in [0.29, 0.717) is 0 Å². The molecule has 2 aliphatic rings. The molecule has 0 unspecified atom stereocenters. The van der Waals surface area contributed by atoms with Crippen LogP contribution in [0, 0.1) is 0 Å². The molecule has 0 atom stereocenters. The zero-order chi connectivity index (χ0) is 26.2. The van der Waals surface area contributed by atoms with E-state index in [1.165, 1.54) is 0 Å². The Kier molecular flexibility index (Phi) is 4.73. The van der Waals surface area contributed by atoms with Gasteiger partial charge in [0.2, 0.25) is 0 Å². The Morgan fingerprint density at radius 3 is 0.875 bits per heavy atom. The first-order chi connectivity index (χ1) is 13.5. The van der Waals surface area contributed by atoms with Crippen molar-refractivity contribution in [2.24, 2.45) is 0 Å². The second kappa shape index (κ2) is 5.69. The molecule has 0 aliphatic heterocycles. The summed E-state index contributed by atoms with van der Waals surface area (Å²) < 4.78 is 269. The van der Waals surface area contributed by atoms with Crippen LogP contribution < -0.4 is 0 Å². The molecule has 0 aromatic carbocycles. The summed E-state index contributed by atoms with van der Waals surface area (Å²) in [5.41, 5.74) is -14.2. The van der Waals surface area contributed by atoms with Crippen molar-refractivity contribution < 1.29 is 87.8 Å². The van der Waals surface area contributed by atoms with Crippen LogP contribution in [0.15, 0.2) is 11.4 Å². The molecule has 2 rings (SSSR count). The summed E-state index contributed by atoms with van der Waals surface area (Å²) in [4.78, 5) is 0. The summed E-state index contributed by atoms with van der Waals surface area (Å²) in [6.07, 6.45) is 0. The van der Waals surface area contributed by atoms with Crippen molar-refractivity contribution in [1.82, 2.24) is 0 Å². The second-order valence-corrected chi connectivity index (χ2v) is 6.52. The lowest BCUT2D eigenvalue weighted by Crippen LogP contribution is -2.86. The average molecular weight is 524 g/mol. The molecule has 20 heteroatoms. The lowest BCUT2D eigenvalue weighted by molar-refractivity contribution is -0.483. The molecule has 32 heavy (non-hydrogen) atoms. The number of allylic oxidation sites excluding steroid dienone is 2. The molecule has 0 aromatic rings. The van der Waals surface area contributed by atoms with Gasteiger partial charge in [0.15, 0.2) is 5.83 Å². The van der Waals surface area contributed by atoms with Crippen molar-refractivity contribution in [3.05, 3.63) is 11.4 Å². The molecule has 0 aromatic heterocycles. The van der Waals surface area contributed by atoms with Gasteiger partial charge in [-0.05, 0) is 0 Å². The molecule has 0 spiro atoms. The summed E-state index contributed by atoms with van der Waals surface area (Å²) in [7, 11) is 0. The molecule has 0 heterocycles. The van der Waals surface area contributed by atoms with Gasteiger partial charge in [0, 0.05) is 0 Å². The lowest BCUT2D eigenvalue weighted by atomic mass is 9.64. The summed E-state index contributed by atoms with van der Waals surface area (Å²) in [5.74, 6) is -78.8. The van der Waals surface area contributed by atoms with Crippen molar-refractivity contribution >= 4 is 0 Å². The quantitative estimate of drug-likeness (QED) is 0.337. The minimum atomic E-state index is -8.54. The first-order valence-electron chi connectivity index (χ1n) is 7.03. The predicted molar refractivity (Wildman–Crippen MR) is 56.5 cm³/mol. The lowest BCUT2D eigenvalue weighted by Gasteiger charge is -2.55. The van der Waals surface area contributed by atoms with Gasteiger partial charge in [0.1, 0.15) is 0 Å². The highest BCUT2D eigenvalue weighted by atomic mass is 19.4. The minimum Gasteiger partial charge on any atom is -0.225 e. The molecular formula is C12F20. The van der Waals surface area contributed by atoms with Gasteiger partial charge in [-0.15, -0.1) is 0 Å². The van der Waals surface area contributed by atoms with Gasteiger partial charge in [-0.3, -0.25) is 0 Å². The number of hydrogen-bond acceptors (Lipinski definition) is 0. The van der Waals surface area contributed by atoms with Gasteiger partial charge < -0.3 is 0 Å². The molecule has 1 fully saturated rings. The molecular weight excluding hydrogens is 524 g/mol. The van der Waals surface area contributed by atoms with Crippen LogP contribution in [0.5, 0.6) is 0 Å². The highest BCUT2D eigenvalue weighted by Crippen LogP contribution is 2.75. The van der Waals surface area contributed by atoms with E-state index in [9.17, 15) is 87.8 Å². The van der Waals surface area contributed by atoms with E-state index in [-0.39, 0.29) is 0 Å². The third-order valence-corrected chi connectivity index (χ3v) is 4.78. The zero-order valence-electron chi connectivity index (χ0n) is 13.6. The van der Waals surface area contributed by atoms with Crippen LogP contribution in [0.1, 0.15) is 0 Å². The van der Waals surface area contributed by atoms with E-state index in [0.717, 1.165) is 0 Å². The Morgan fingerprint density at radius 2 is 0.562 bits per heavy atom. The van der Waals surface area contributed by atoms with E-state index in [1.807, 2.05) is 0 Å². The number of alkyl halides is 19. The highest BCUT2D eigenvalue weighted by molar-refractivity contribution is 5.48. The fraction of sp³-hybridized carbons (Fsp3) is 0.833. The highest BCUT2D eigenvalue weighted by Gasteiger charge is 3.04. The average Bonchev–Trinajstić information content (AvgIpc) is 2.58. The Labute approximate surface area is 159 Å². The van der Waals surface area contributed by atoms with E-state index in [4.69, 9.17) is 0 Å². The summed E-state index contributed by atoms with van der Waals surface area (Å²) in [6.45, 7) is 0. The van der Waals surface area contributed by atoms with E-state index >= 15 is 0 Å². The molecule has 0 bridgehead atoms. The van der Waals surface area contributed by atoms with Crippen molar-refractivity contribution in [2.45, 2.75) is 59.0 Å². The van der Waals surface area contributed by atoms with Gasteiger partial charge >= 0.3 is 53.3 Å². The maximum Gasteiger partial charge on any atom is 0.385 e. The summed E-state index contributed by atoms with van der Waals surface area (Å²) in [6, 6.07) is 0. The van der Waals surface area contributed by atoms with Crippen LogP contribution in [0.4, 0.5) is 87.8 Å². The minimum absolute atomic E-state index is 5.42. The molecule has 0 amide bonds. The van der Waals surface area contributed by atoms with Crippen LogP contribution in [0.25, 0.3) is 0 Å². The van der Waals surface area contributed by atoms with Gasteiger partial charge in [0.25, 0.3) is 5.67 Å². The number of rotatable bonds is 1. The first kappa shape index (κ1) is 26.6. The van der Waals surface area contributed by atoms with Crippen LogP contribution in [-0.4, -0.2) is 59.0 Å². The Morgan fingerprint density at radius 1 is 0.312 bits per heavy atom. The molecule has 0 N–H and O–H groups in total. The monoisotopic (exact) mass is 524 g/mol. The molecule has 2 aliphatic carbocycles. The fourth-order valence-electron chi connectivity index (χ4n) is 2.89. The second-order valence-electron chi connectivity index (χ2n) is 6.52. The summed E-state index contributed by atoms with van der Waals surface area (Å²) >= 11 is 0. The predicted octanol–water partition coefficient (Wildman–Crippen LogP) is 6.66. The first-order valence-corrected chi connectivity index (χ1v) is 7.03. The SMILES string of the molecule is FC1=C(C2(F)C(F)(F)C(F)(F)C(F)(F)C(F)(F)C2(F)F)C(F)(F)C(F)(F)C(F)(F)C1(F)F. The fourth-order valence-corrected chi connectivity index (χ4v) is 2.89. The standard InChI is InChI=1S/C12F20/c13-2-1(4(15,16)8(23,24)9(25,26)5(2,17)18)3(14)6(19,20)10(27,28)12(31,32)11(29,30)7(3,21)22.